The van der Waals surface area contributed by atoms with Gasteiger partial charge in [-0.1, -0.05) is 17.7 Å². The summed E-state index contributed by atoms with van der Waals surface area (Å²) < 4.78 is 0. The van der Waals surface area contributed by atoms with Crippen LogP contribution in [0, 0.1) is 0 Å². The highest BCUT2D eigenvalue weighted by Crippen LogP contribution is 2.31. The second-order valence-electron chi connectivity index (χ2n) is 2.97. The van der Waals surface area contributed by atoms with Gasteiger partial charge in [-0.2, -0.15) is 0 Å². The number of hydrogen-bond acceptors (Lipinski definition) is 3. The normalized spacial score (nSPS) is 10.4. The van der Waals surface area contributed by atoms with Crippen LogP contribution in [0.15, 0.2) is 29.6 Å². The fourth-order valence-electron chi connectivity index (χ4n) is 1.19. The predicted molar refractivity (Wildman–Crippen MR) is 63.6 cm³/mol. The predicted octanol–water partition coefficient (Wildman–Crippen LogP) is 3.23. The molecule has 4 N–H and O–H groups in total. The summed E-state index contributed by atoms with van der Waals surface area (Å²) in [5.41, 5.74) is 13.6. The molecule has 0 radical (unpaired) electrons. The van der Waals surface area contributed by atoms with E-state index in [9.17, 15) is 0 Å². The molecule has 0 atom stereocenters. The average Bonchev–Trinajstić information content (AvgIpc) is 2.57. The number of thiophene rings is 1. The summed E-state index contributed by atoms with van der Waals surface area (Å²) in [7, 11) is 0. The van der Waals surface area contributed by atoms with Crippen molar-refractivity contribution in [3.8, 4) is 10.4 Å². The molecule has 0 aliphatic heterocycles. The molecular weight excluding hydrogens is 216 g/mol. The lowest BCUT2D eigenvalue weighted by Crippen LogP contribution is -1.93. The number of halogens is 1. The van der Waals surface area contributed by atoms with E-state index in [1.54, 1.807) is 17.4 Å². The Labute approximate surface area is 91.1 Å². The van der Waals surface area contributed by atoms with Gasteiger partial charge < -0.3 is 11.5 Å². The van der Waals surface area contributed by atoms with Gasteiger partial charge in [0.15, 0.2) is 0 Å². The first-order valence-electron chi connectivity index (χ1n) is 4.06. The summed E-state index contributed by atoms with van der Waals surface area (Å²) in [6.07, 6.45) is 0. The van der Waals surface area contributed by atoms with Crippen molar-refractivity contribution < 1.29 is 0 Å². The minimum Gasteiger partial charge on any atom is -0.397 e. The molecule has 4 heteroatoms. The first-order chi connectivity index (χ1) is 6.66. The Hall–Kier alpha value is -1.19. The van der Waals surface area contributed by atoms with Crippen LogP contribution in [0.1, 0.15) is 0 Å². The van der Waals surface area contributed by atoms with E-state index in [-0.39, 0.29) is 0 Å². The highest BCUT2D eigenvalue weighted by molar-refractivity contribution is 7.14. The van der Waals surface area contributed by atoms with Crippen molar-refractivity contribution in [3.63, 3.8) is 0 Å². The zero-order chi connectivity index (χ0) is 10.1. The van der Waals surface area contributed by atoms with Crippen LogP contribution in [-0.4, -0.2) is 0 Å². The molecule has 0 bridgehead atoms. The monoisotopic (exact) mass is 224 g/mol. The number of rotatable bonds is 1. The van der Waals surface area contributed by atoms with Crippen LogP contribution in [0.5, 0.6) is 0 Å². The van der Waals surface area contributed by atoms with Gasteiger partial charge in [-0.05, 0) is 23.8 Å². The molecule has 1 aromatic carbocycles. The van der Waals surface area contributed by atoms with Crippen molar-refractivity contribution >= 4 is 34.3 Å². The van der Waals surface area contributed by atoms with Crippen LogP contribution in [0.2, 0.25) is 5.02 Å². The van der Waals surface area contributed by atoms with E-state index in [0.29, 0.717) is 11.4 Å². The van der Waals surface area contributed by atoms with Gasteiger partial charge in [-0.3, -0.25) is 0 Å². The van der Waals surface area contributed by atoms with Crippen molar-refractivity contribution in [2.75, 3.05) is 11.5 Å². The maximum atomic E-state index is 5.84. The molecule has 1 aromatic heterocycles. The Morgan fingerprint density at radius 2 is 1.86 bits per heavy atom. The summed E-state index contributed by atoms with van der Waals surface area (Å²) in [4.78, 5) is 1.10. The fourth-order valence-corrected chi connectivity index (χ4v) is 2.27. The molecule has 0 spiro atoms. The van der Waals surface area contributed by atoms with Gasteiger partial charge in [0.05, 0.1) is 16.4 Å². The summed E-state index contributed by atoms with van der Waals surface area (Å²) in [5.74, 6) is 0. The zero-order valence-electron chi connectivity index (χ0n) is 7.33. The third kappa shape index (κ3) is 1.69. The third-order valence-corrected chi connectivity index (χ3v) is 3.27. The maximum absolute atomic E-state index is 5.84. The molecule has 0 unspecified atom stereocenters. The van der Waals surface area contributed by atoms with Crippen molar-refractivity contribution in [1.29, 1.82) is 0 Å². The van der Waals surface area contributed by atoms with E-state index >= 15 is 0 Å². The molecule has 0 saturated heterocycles. The number of nitrogens with two attached hydrogens (primary N) is 2. The Morgan fingerprint density at radius 1 is 1.07 bits per heavy atom. The van der Waals surface area contributed by atoms with Crippen molar-refractivity contribution in [2.24, 2.45) is 0 Å². The van der Waals surface area contributed by atoms with E-state index < -0.39 is 0 Å². The first-order valence-corrected chi connectivity index (χ1v) is 5.32. The molecule has 0 saturated carbocycles. The molecular formula is C10H9ClN2S. The van der Waals surface area contributed by atoms with Gasteiger partial charge in [0.2, 0.25) is 0 Å². The van der Waals surface area contributed by atoms with Crippen LogP contribution in [-0.2, 0) is 0 Å². The molecule has 1 heterocycles. The lowest BCUT2D eigenvalue weighted by molar-refractivity contribution is 1.66. The smallest absolute Gasteiger partial charge is 0.0554 e. The van der Waals surface area contributed by atoms with Gasteiger partial charge in [-0.25, -0.2) is 0 Å². The Kier molecular flexibility index (Phi) is 2.35. The molecule has 0 fully saturated rings. The van der Waals surface area contributed by atoms with E-state index in [2.05, 4.69) is 0 Å². The first kappa shape index (κ1) is 9.37. The van der Waals surface area contributed by atoms with E-state index in [1.165, 1.54) is 0 Å². The van der Waals surface area contributed by atoms with E-state index in [0.717, 1.165) is 15.5 Å². The molecule has 2 rings (SSSR count). The summed E-state index contributed by atoms with van der Waals surface area (Å²) in [6, 6.07) is 7.51. The SMILES string of the molecule is Nc1ccc(-c2cc(Cl)cs2)cc1N. The van der Waals surface area contributed by atoms with Crippen molar-refractivity contribution in [1.82, 2.24) is 0 Å². The molecule has 2 aromatic rings. The summed E-state index contributed by atoms with van der Waals surface area (Å²) in [5, 5.41) is 2.64. The quantitative estimate of drug-likeness (QED) is 0.731. The van der Waals surface area contributed by atoms with Gasteiger partial charge in [0.1, 0.15) is 0 Å². The van der Waals surface area contributed by atoms with Crippen LogP contribution in [0.25, 0.3) is 10.4 Å². The van der Waals surface area contributed by atoms with E-state index in [4.69, 9.17) is 23.1 Å². The largest absolute Gasteiger partial charge is 0.397 e. The Balaban J connectivity index is 2.47. The molecule has 0 amide bonds. The van der Waals surface area contributed by atoms with Gasteiger partial charge in [-0.15, -0.1) is 11.3 Å². The second kappa shape index (κ2) is 3.52. The van der Waals surface area contributed by atoms with Crippen LogP contribution < -0.4 is 11.5 Å². The zero-order valence-corrected chi connectivity index (χ0v) is 8.90. The van der Waals surface area contributed by atoms with Crippen molar-refractivity contribution in [2.45, 2.75) is 0 Å². The Morgan fingerprint density at radius 3 is 2.43 bits per heavy atom. The van der Waals surface area contributed by atoms with Crippen LogP contribution in [0.4, 0.5) is 11.4 Å². The average molecular weight is 225 g/mol. The van der Waals surface area contributed by atoms with Gasteiger partial charge >= 0.3 is 0 Å². The number of nitrogen functional groups attached to an aromatic ring is 2. The number of anilines is 2. The molecule has 0 aliphatic carbocycles. The van der Waals surface area contributed by atoms with Gasteiger partial charge in [0.25, 0.3) is 0 Å². The van der Waals surface area contributed by atoms with Crippen molar-refractivity contribution in [3.05, 3.63) is 34.7 Å². The minimum atomic E-state index is 0.604. The molecule has 14 heavy (non-hydrogen) atoms. The minimum absolute atomic E-state index is 0.604. The number of benzene rings is 1. The second-order valence-corrected chi connectivity index (χ2v) is 4.32. The Bertz CT molecular complexity index is 465. The highest BCUT2D eigenvalue weighted by Gasteiger charge is 2.03. The fraction of sp³-hybridized carbons (Fsp3) is 0. The topological polar surface area (TPSA) is 52.0 Å². The molecule has 72 valence electrons. The highest BCUT2D eigenvalue weighted by atomic mass is 35.5. The van der Waals surface area contributed by atoms with Crippen LogP contribution in [0.3, 0.4) is 0 Å². The maximum Gasteiger partial charge on any atom is 0.0554 e. The van der Waals surface area contributed by atoms with Gasteiger partial charge in [0, 0.05) is 10.3 Å². The third-order valence-electron chi connectivity index (χ3n) is 1.94. The number of hydrogen-bond donors (Lipinski definition) is 2. The lowest BCUT2D eigenvalue weighted by Gasteiger charge is -2.02. The lowest BCUT2D eigenvalue weighted by atomic mass is 10.1. The summed E-state index contributed by atoms with van der Waals surface area (Å²) >= 11 is 7.42. The standard InChI is InChI=1S/C10H9ClN2S/c11-7-4-10(14-5-7)6-1-2-8(12)9(13)3-6/h1-5H,12-13H2. The van der Waals surface area contributed by atoms with E-state index in [1.807, 2.05) is 23.6 Å². The molecule has 0 aliphatic rings. The molecule has 2 nitrogen and oxygen atoms in total. The summed E-state index contributed by atoms with van der Waals surface area (Å²) in [6.45, 7) is 0. The van der Waals surface area contributed by atoms with Crippen LogP contribution >= 0.6 is 22.9 Å².